The standard InChI is InChI=1S/C18H17N7O/c1-11-21-22-15-8-9-16(23-25(11)15)24-10-4-7-14(24)17-19-13-6-3-2-5-12(13)18(26)20-17/h2-3,5-6,8-9,14H,4,7,10H2,1H3,(H,19,20,26). The van der Waals surface area contributed by atoms with Crippen LogP contribution >= 0.6 is 0 Å². The van der Waals surface area contributed by atoms with E-state index in [1.54, 1.807) is 10.6 Å². The second-order valence-electron chi connectivity index (χ2n) is 6.53. The number of H-pyrrole nitrogens is 1. The average molecular weight is 347 g/mol. The van der Waals surface area contributed by atoms with Gasteiger partial charge in [-0.3, -0.25) is 4.79 Å². The van der Waals surface area contributed by atoms with Crippen LogP contribution in [0.5, 0.6) is 0 Å². The summed E-state index contributed by atoms with van der Waals surface area (Å²) in [6.45, 7) is 2.74. The summed E-state index contributed by atoms with van der Waals surface area (Å²) in [7, 11) is 0. The fourth-order valence-electron chi connectivity index (χ4n) is 3.63. The first-order chi connectivity index (χ1) is 12.7. The van der Waals surface area contributed by atoms with E-state index in [4.69, 9.17) is 4.98 Å². The Morgan fingerprint density at radius 1 is 1.15 bits per heavy atom. The van der Waals surface area contributed by atoms with Gasteiger partial charge in [0.2, 0.25) is 0 Å². The van der Waals surface area contributed by atoms with Gasteiger partial charge in [-0.05, 0) is 44.0 Å². The van der Waals surface area contributed by atoms with E-state index in [1.807, 2.05) is 37.3 Å². The molecule has 130 valence electrons. The number of aryl methyl sites for hydroxylation is 1. The van der Waals surface area contributed by atoms with Crippen molar-refractivity contribution in [3.8, 4) is 0 Å². The lowest BCUT2D eigenvalue weighted by molar-refractivity contribution is 0.654. The van der Waals surface area contributed by atoms with Gasteiger partial charge < -0.3 is 9.88 Å². The van der Waals surface area contributed by atoms with Gasteiger partial charge in [-0.25, -0.2) is 4.98 Å². The molecule has 0 radical (unpaired) electrons. The number of hydrogen-bond acceptors (Lipinski definition) is 6. The molecule has 1 saturated heterocycles. The van der Waals surface area contributed by atoms with Gasteiger partial charge >= 0.3 is 0 Å². The van der Waals surface area contributed by atoms with Gasteiger partial charge in [-0.1, -0.05) is 12.1 Å². The SMILES string of the molecule is Cc1nnc2ccc(N3CCCC3c3nc4ccccc4c(=O)[nH]3)nn12. The number of para-hydroxylation sites is 1. The minimum Gasteiger partial charge on any atom is -0.345 e. The summed E-state index contributed by atoms with van der Waals surface area (Å²) >= 11 is 0. The van der Waals surface area contributed by atoms with Crippen molar-refractivity contribution in [3.05, 3.63) is 58.4 Å². The molecule has 0 aliphatic carbocycles. The highest BCUT2D eigenvalue weighted by atomic mass is 16.1. The molecule has 1 atom stereocenters. The number of aromatic nitrogens is 6. The number of hydrogen-bond donors (Lipinski definition) is 1. The molecule has 26 heavy (non-hydrogen) atoms. The monoisotopic (exact) mass is 347 g/mol. The van der Waals surface area contributed by atoms with E-state index in [9.17, 15) is 4.79 Å². The zero-order valence-corrected chi connectivity index (χ0v) is 14.3. The van der Waals surface area contributed by atoms with Crippen molar-refractivity contribution in [3.63, 3.8) is 0 Å². The quantitative estimate of drug-likeness (QED) is 0.596. The molecule has 8 heteroatoms. The van der Waals surface area contributed by atoms with Crippen LogP contribution in [0.25, 0.3) is 16.6 Å². The summed E-state index contributed by atoms with van der Waals surface area (Å²) in [4.78, 5) is 22.3. The summed E-state index contributed by atoms with van der Waals surface area (Å²) in [6, 6.07) is 11.3. The third kappa shape index (κ3) is 2.26. The molecule has 0 saturated carbocycles. The molecular weight excluding hydrogens is 330 g/mol. The van der Waals surface area contributed by atoms with E-state index in [1.165, 1.54) is 0 Å². The summed E-state index contributed by atoms with van der Waals surface area (Å²) in [6.07, 6.45) is 1.93. The second kappa shape index (κ2) is 5.62. The first-order valence-electron chi connectivity index (χ1n) is 8.65. The van der Waals surface area contributed by atoms with Crippen molar-refractivity contribution >= 4 is 22.4 Å². The lowest BCUT2D eigenvalue weighted by Gasteiger charge is -2.25. The van der Waals surface area contributed by atoms with Crippen LogP contribution in [0.3, 0.4) is 0 Å². The van der Waals surface area contributed by atoms with Gasteiger partial charge in [-0.2, -0.15) is 4.52 Å². The van der Waals surface area contributed by atoms with Crippen LogP contribution in [0.2, 0.25) is 0 Å². The summed E-state index contributed by atoms with van der Waals surface area (Å²) in [5.74, 6) is 2.27. The summed E-state index contributed by atoms with van der Waals surface area (Å²) in [5.41, 5.74) is 1.34. The van der Waals surface area contributed by atoms with E-state index < -0.39 is 0 Å². The molecule has 8 nitrogen and oxygen atoms in total. The maximum Gasteiger partial charge on any atom is 0.258 e. The lowest BCUT2D eigenvalue weighted by Crippen LogP contribution is -2.27. The van der Waals surface area contributed by atoms with Crippen LogP contribution in [-0.4, -0.2) is 36.3 Å². The molecule has 0 spiro atoms. The summed E-state index contributed by atoms with van der Waals surface area (Å²) in [5, 5.41) is 13.4. The number of benzene rings is 1. The number of rotatable bonds is 2. The van der Waals surface area contributed by atoms with Gasteiger partial charge in [0.1, 0.15) is 11.6 Å². The van der Waals surface area contributed by atoms with E-state index in [0.29, 0.717) is 11.2 Å². The number of fused-ring (bicyclic) bond motifs is 2. The van der Waals surface area contributed by atoms with Crippen molar-refractivity contribution < 1.29 is 0 Å². The Morgan fingerprint density at radius 2 is 2.04 bits per heavy atom. The molecule has 1 fully saturated rings. The van der Waals surface area contributed by atoms with E-state index in [-0.39, 0.29) is 11.6 Å². The van der Waals surface area contributed by atoms with E-state index in [2.05, 4.69) is 25.2 Å². The van der Waals surface area contributed by atoms with E-state index >= 15 is 0 Å². The third-order valence-corrected chi connectivity index (χ3v) is 4.90. The first-order valence-corrected chi connectivity index (χ1v) is 8.65. The van der Waals surface area contributed by atoms with Crippen LogP contribution in [0.1, 0.15) is 30.5 Å². The largest absolute Gasteiger partial charge is 0.345 e. The second-order valence-corrected chi connectivity index (χ2v) is 6.53. The Bertz CT molecular complexity index is 1180. The maximum atomic E-state index is 12.4. The highest BCUT2D eigenvalue weighted by molar-refractivity contribution is 5.77. The molecule has 0 bridgehead atoms. The number of aromatic amines is 1. The van der Waals surface area contributed by atoms with Gasteiger partial charge in [0.25, 0.3) is 5.56 Å². The fourth-order valence-corrected chi connectivity index (χ4v) is 3.63. The van der Waals surface area contributed by atoms with Crippen LogP contribution in [0.15, 0.2) is 41.2 Å². The van der Waals surface area contributed by atoms with E-state index in [0.717, 1.165) is 42.2 Å². The van der Waals surface area contributed by atoms with Crippen LogP contribution in [-0.2, 0) is 0 Å². The van der Waals surface area contributed by atoms with Gasteiger partial charge in [0.05, 0.1) is 16.9 Å². The van der Waals surface area contributed by atoms with Crippen molar-refractivity contribution in [2.75, 3.05) is 11.4 Å². The Labute approximate surface area is 148 Å². The van der Waals surface area contributed by atoms with Crippen molar-refractivity contribution in [2.24, 2.45) is 0 Å². The normalized spacial score (nSPS) is 17.4. The third-order valence-electron chi connectivity index (χ3n) is 4.90. The Kier molecular flexibility index (Phi) is 3.24. The maximum absolute atomic E-state index is 12.4. The minimum absolute atomic E-state index is 0.00552. The zero-order valence-electron chi connectivity index (χ0n) is 14.3. The smallest absolute Gasteiger partial charge is 0.258 e. The first kappa shape index (κ1) is 15.0. The molecule has 4 aromatic rings. The molecular formula is C18H17N7O. The Balaban J connectivity index is 1.60. The predicted molar refractivity (Wildman–Crippen MR) is 97.2 cm³/mol. The highest BCUT2D eigenvalue weighted by Gasteiger charge is 2.30. The minimum atomic E-state index is -0.101. The van der Waals surface area contributed by atoms with Crippen molar-refractivity contribution in [1.29, 1.82) is 0 Å². The Morgan fingerprint density at radius 3 is 2.96 bits per heavy atom. The predicted octanol–water partition coefficient (Wildman–Crippen LogP) is 2.01. The van der Waals surface area contributed by atoms with Crippen LogP contribution < -0.4 is 10.5 Å². The molecule has 1 aliphatic rings. The topological polar surface area (TPSA) is 92.1 Å². The lowest BCUT2D eigenvalue weighted by atomic mass is 10.2. The molecule has 1 aliphatic heterocycles. The molecule has 0 amide bonds. The van der Waals surface area contributed by atoms with Crippen LogP contribution in [0.4, 0.5) is 5.82 Å². The fraction of sp³-hybridized carbons (Fsp3) is 0.278. The van der Waals surface area contributed by atoms with Crippen molar-refractivity contribution in [1.82, 2.24) is 29.8 Å². The van der Waals surface area contributed by atoms with Crippen LogP contribution in [0, 0.1) is 6.92 Å². The number of nitrogens with one attached hydrogen (secondary N) is 1. The molecule has 5 rings (SSSR count). The average Bonchev–Trinajstić information content (AvgIpc) is 3.29. The number of anilines is 1. The molecule has 1 aromatic carbocycles. The molecule has 3 aromatic heterocycles. The Hall–Kier alpha value is -3.29. The highest BCUT2D eigenvalue weighted by Crippen LogP contribution is 2.33. The molecule has 1 N–H and O–H groups in total. The van der Waals surface area contributed by atoms with Gasteiger partial charge in [0.15, 0.2) is 11.5 Å². The van der Waals surface area contributed by atoms with Crippen molar-refractivity contribution in [2.45, 2.75) is 25.8 Å². The number of nitrogens with zero attached hydrogens (tertiary/aromatic N) is 6. The molecule has 4 heterocycles. The van der Waals surface area contributed by atoms with Gasteiger partial charge in [0, 0.05) is 6.54 Å². The summed E-state index contributed by atoms with van der Waals surface area (Å²) < 4.78 is 1.74. The van der Waals surface area contributed by atoms with Gasteiger partial charge in [-0.15, -0.1) is 15.3 Å². The zero-order chi connectivity index (χ0) is 17.7. The molecule has 1 unspecified atom stereocenters.